The van der Waals surface area contributed by atoms with Crippen LogP contribution in [0.15, 0.2) is 36.7 Å². The minimum absolute atomic E-state index is 0.821. The predicted molar refractivity (Wildman–Crippen MR) is 89.3 cm³/mol. The third-order valence-electron chi connectivity index (χ3n) is 3.83. The maximum absolute atomic E-state index is 4.50. The van der Waals surface area contributed by atoms with Gasteiger partial charge < -0.3 is 0 Å². The first kappa shape index (κ1) is 15.7. The topological polar surface area (TPSA) is 25.8 Å². The van der Waals surface area contributed by atoms with Crippen molar-refractivity contribution in [2.45, 2.75) is 58.8 Å². The van der Waals surface area contributed by atoms with E-state index in [-0.39, 0.29) is 0 Å². The Labute approximate surface area is 128 Å². The summed E-state index contributed by atoms with van der Waals surface area (Å²) >= 11 is 0. The van der Waals surface area contributed by atoms with Crippen LogP contribution < -0.4 is 0 Å². The van der Waals surface area contributed by atoms with Gasteiger partial charge >= 0.3 is 0 Å². The first-order chi connectivity index (χ1) is 10.3. The third-order valence-corrected chi connectivity index (χ3v) is 3.83. The van der Waals surface area contributed by atoms with Crippen LogP contribution in [0.4, 0.5) is 0 Å². The average Bonchev–Trinajstić information content (AvgIpc) is 2.52. The highest BCUT2D eigenvalue weighted by Gasteiger charge is 2.01. The number of unbranched alkanes of at least 4 members (excludes halogenated alkanes) is 5. The molecular formula is C19H26N2. The number of hydrogen-bond acceptors (Lipinski definition) is 2. The summed E-state index contributed by atoms with van der Waals surface area (Å²) in [5.74, 6) is 0.821. The third kappa shape index (κ3) is 5.30. The Hall–Kier alpha value is -1.70. The van der Waals surface area contributed by atoms with Crippen LogP contribution in [0.1, 0.15) is 56.6 Å². The van der Waals surface area contributed by atoms with Crippen LogP contribution in [0.25, 0.3) is 11.4 Å². The SMILES string of the molecule is CCCCCCCCc1cnc(-c2ccc(C)cc2)nc1. The Balaban J connectivity index is 1.80. The number of benzene rings is 1. The molecule has 1 aromatic heterocycles. The molecule has 0 aliphatic rings. The zero-order valence-electron chi connectivity index (χ0n) is 13.3. The Morgan fingerprint density at radius 2 is 1.43 bits per heavy atom. The van der Waals surface area contributed by atoms with Crippen molar-refractivity contribution < 1.29 is 0 Å². The second-order valence-electron chi connectivity index (χ2n) is 5.80. The van der Waals surface area contributed by atoms with E-state index in [4.69, 9.17) is 0 Å². The molecule has 0 saturated heterocycles. The van der Waals surface area contributed by atoms with Gasteiger partial charge in [0.2, 0.25) is 0 Å². The van der Waals surface area contributed by atoms with Gasteiger partial charge in [0.25, 0.3) is 0 Å². The molecule has 2 nitrogen and oxygen atoms in total. The molecule has 1 heterocycles. The molecule has 0 bridgehead atoms. The smallest absolute Gasteiger partial charge is 0.159 e. The van der Waals surface area contributed by atoms with Crippen LogP contribution in [0.5, 0.6) is 0 Å². The highest BCUT2D eigenvalue weighted by molar-refractivity contribution is 5.54. The standard InChI is InChI=1S/C19H26N2/c1-3-4-5-6-7-8-9-17-14-20-19(21-15-17)18-12-10-16(2)11-13-18/h10-15H,3-9H2,1-2H3. The summed E-state index contributed by atoms with van der Waals surface area (Å²) in [5.41, 5.74) is 3.60. The molecule has 112 valence electrons. The number of nitrogens with zero attached hydrogens (tertiary/aromatic N) is 2. The van der Waals surface area contributed by atoms with Crippen molar-refractivity contribution in [2.24, 2.45) is 0 Å². The molecular weight excluding hydrogens is 256 g/mol. The lowest BCUT2D eigenvalue weighted by Gasteiger charge is -2.04. The van der Waals surface area contributed by atoms with Crippen molar-refractivity contribution in [3.63, 3.8) is 0 Å². The van der Waals surface area contributed by atoms with Gasteiger partial charge in [0.15, 0.2) is 5.82 Å². The van der Waals surface area contributed by atoms with Crippen LogP contribution in [0.3, 0.4) is 0 Å². The molecule has 2 heteroatoms. The quantitative estimate of drug-likeness (QED) is 0.609. The first-order valence-electron chi connectivity index (χ1n) is 8.17. The highest BCUT2D eigenvalue weighted by atomic mass is 14.9. The van der Waals surface area contributed by atoms with Gasteiger partial charge in [-0.15, -0.1) is 0 Å². The van der Waals surface area contributed by atoms with E-state index in [1.807, 2.05) is 12.4 Å². The monoisotopic (exact) mass is 282 g/mol. The van der Waals surface area contributed by atoms with E-state index in [0.717, 1.165) is 17.8 Å². The van der Waals surface area contributed by atoms with Crippen molar-refractivity contribution in [1.82, 2.24) is 9.97 Å². The van der Waals surface area contributed by atoms with Crippen LogP contribution in [-0.2, 0) is 6.42 Å². The zero-order chi connectivity index (χ0) is 14.9. The van der Waals surface area contributed by atoms with Crippen molar-refractivity contribution in [1.29, 1.82) is 0 Å². The lowest BCUT2D eigenvalue weighted by molar-refractivity contribution is 0.607. The van der Waals surface area contributed by atoms with Crippen molar-refractivity contribution >= 4 is 0 Å². The summed E-state index contributed by atoms with van der Waals surface area (Å²) in [4.78, 5) is 8.99. The minimum atomic E-state index is 0.821. The fourth-order valence-electron chi connectivity index (χ4n) is 2.45. The summed E-state index contributed by atoms with van der Waals surface area (Å²) in [6.45, 7) is 4.35. The van der Waals surface area contributed by atoms with E-state index in [1.165, 1.54) is 49.7 Å². The van der Waals surface area contributed by atoms with Gasteiger partial charge in [-0.1, -0.05) is 68.9 Å². The van der Waals surface area contributed by atoms with Crippen LogP contribution >= 0.6 is 0 Å². The summed E-state index contributed by atoms with van der Waals surface area (Å²) in [6, 6.07) is 8.36. The Kier molecular flexibility index (Phi) is 6.39. The Morgan fingerprint density at radius 1 is 0.810 bits per heavy atom. The van der Waals surface area contributed by atoms with E-state index in [0.29, 0.717) is 0 Å². The van der Waals surface area contributed by atoms with Gasteiger partial charge in [0.1, 0.15) is 0 Å². The van der Waals surface area contributed by atoms with Gasteiger partial charge in [-0.05, 0) is 25.3 Å². The van der Waals surface area contributed by atoms with E-state index in [2.05, 4.69) is 48.1 Å². The second-order valence-corrected chi connectivity index (χ2v) is 5.80. The molecule has 0 radical (unpaired) electrons. The van der Waals surface area contributed by atoms with E-state index >= 15 is 0 Å². The summed E-state index contributed by atoms with van der Waals surface area (Å²) < 4.78 is 0. The van der Waals surface area contributed by atoms with Gasteiger partial charge in [0.05, 0.1) is 0 Å². The molecule has 0 unspecified atom stereocenters. The molecule has 0 aliphatic carbocycles. The van der Waals surface area contributed by atoms with Crippen LogP contribution in [0.2, 0.25) is 0 Å². The van der Waals surface area contributed by atoms with Crippen molar-refractivity contribution in [2.75, 3.05) is 0 Å². The molecule has 21 heavy (non-hydrogen) atoms. The second kappa shape index (κ2) is 8.56. The van der Waals surface area contributed by atoms with E-state index < -0.39 is 0 Å². The molecule has 0 saturated carbocycles. The molecule has 0 N–H and O–H groups in total. The lowest BCUT2D eigenvalue weighted by Crippen LogP contribution is -1.93. The fourth-order valence-corrected chi connectivity index (χ4v) is 2.45. The van der Waals surface area contributed by atoms with Gasteiger partial charge in [-0.25, -0.2) is 9.97 Å². The molecule has 0 amide bonds. The molecule has 0 aliphatic heterocycles. The summed E-state index contributed by atoms with van der Waals surface area (Å²) in [6.07, 6.45) is 13.0. The van der Waals surface area contributed by atoms with E-state index in [9.17, 15) is 0 Å². The largest absolute Gasteiger partial charge is 0.236 e. The first-order valence-corrected chi connectivity index (χ1v) is 8.17. The van der Waals surface area contributed by atoms with Gasteiger partial charge in [-0.3, -0.25) is 0 Å². The van der Waals surface area contributed by atoms with Crippen molar-refractivity contribution in [3.8, 4) is 11.4 Å². The number of aryl methyl sites for hydroxylation is 2. The summed E-state index contributed by atoms with van der Waals surface area (Å²) in [7, 11) is 0. The molecule has 0 fully saturated rings. The maximum Gasteiger partial charge on any atom is 0.159 e. The molecule has 2 rings (SSSR count). The van der Waals surface area contributed by atoms with Crippen LogP contribution in [-0.4, -0.2) is 9.97 Å². The van der Waals surface area contributed by atoms with Gasteiger partial charge in [0, 0.05) is 18.0 Å². The summed E-state index contributed by atoms with van der Waals surface area (Å²) in [5, 5.41) is 0. The minimum Gasteiger partial charge on any atom is -0.236 e. The Bertz CT molecular complexity index is 514. The molecule has 2 aromatic rings. The number of rotatable bonds is 8. The average molecular weight is 282 g/mol. The zero-order valence-corrected chi connectivity index (χ0v) is 13.3. The predicted octanol–water partition coefficient (Wildman–Crippen LogP) is 5.36. The fraction of sp³-hybridized carbons (Fsp3) is 0.474. The molecule has 0 atom stereocenters. The number of hydrogen-bond donors (Lipinski definition) is 0. The number of aromatic nitrogens is 2. The maximum atomic E-state index is 4.50. The molecule has 1 aromatic carbocycles. The lowest BCUT2D eigenvalue weighted by atomic mass is 10.1. The highest BCUT2D eigenvalue weighted by Crippen LogP contribution is 2.16. The van der Waals surface area contributed by atoms with Gasteiger partial charge in [-0.2, -0.15) is 0 Å². The van der Waals surface area contributed by atoms with Crippen LogP contribution in [0, 0.1) is 6.92 Å². The van der Waals surface area contributed by atoms with Crippen molar-refractivity contribution in [3.05, 3.63) is 47.8 Å². The molecule has 0 spiro atoms. The normalized spacial score (nSPS) is 10.8. The van der Waals surface area contributed by atoms with E-state index in [1.54, 1.807) is 0 Å². The Morgan fingerprint density at radius 3 is 2.10 bits per heavy atom.